The second-order valence-electron chi connectivity index (χ2n) is 9.07. The first kappa shape index (κ1) is 22.9. The minimum absolute atomic E-state index is 0.0524. The first-order valence-electron chi connectivity index (χ1n) is 11.4. The third-order valence-electron chi connectivity index (χ3n) is 6.67. The summed E-state index contributed by atoms with van der Waals surface area (Å²) >= 11 is 0. The van der Waals surface area contributed by atoms with Crippen molar-refractivity contribution < 1.29 is 31.1 Å². The summed E-state index contributed by atoms with van der Waals surface area (Å²) in [5, 5.41) is 0. The molecular formula is C21H29N3O7S2. The lowest BCUT2D eigenvalue weighted by Gasteiger charge is -2.36. The molecule has 0 N–H and O–H groups in total. The van der Waals surface area contributed by atoms with Crippen molar-refractivity contribution in [1.29, 1.82) is 0 Å². The number of amides is 1. The van der Waals surface area contributed by atoms with Crippen molar-refractivity contribution >= 4 is 25.8 Å². The Labute approximate surface area is 194 Å². The molecule has 1 aromatic rings. The Balaban J connectivity index is 1.20. The molecule has 0 spiro atoms. The smallest absolute Gasteiger partial charge is 0.243 e. The van der Waals surface area contributed by atoms with Crippen LogP contribution in [0.5, 0.6) is 11.5 Å². The number of ether oxygens (including phenoxy) is 2. The number of hydrogen-bond donors (Lipinski definition) is 0. The topological polar surface area (TPSA) is 114 Å². The third kappa shape index (κ3) is 4.84. The van der Waals surface area contributed by atoms with Gasteiger partial charge in [-0.05, 0) is 31.4 Å². The Morgan fingerprint density at radius 2 is 1.70 bits per heavy atom. The summed E-state index contributed by atoms with van der Waals surface area (Å²) < 4.78 is 62.5. The molecule has 1 atom stereocenters. The van der Waals surface area contributed by atoms with Gasteiger partial charge in [0, 0.05) is 44.3 Å². The molecule has 1 aromatic carbocycles. The van der Waals surface area contributed by atoms with E-state index in [4.69, 9.17) is 9.47 Å². The zero-order chi connectivity index (χ0) is 23.2. The Morgan fingerprint density at radius 3 is 2.33 bits per heavy atom. The van der Waals surface area contributed by atoms with Crippen molar-refractivity contribution in [1.82, 2.24) is 14.1 Å². The number of carbonyl (C=O) groups is 1. The number of hydrogen-bond acceptors (Lipinski definition) is 8. The highest BCUT2D eigenvalue weighted by atomic mass is 32.2. The second-order valence-corrected chi connectivity index (χ2v) is 13.2. The highest BCUT2D eigenvalue weighted by molar-refractivity contribution is 7.91. The summed E-state index contributed by atoms with van der Waals surface area (Å²) in [5.74, 6) is 1.11. The van der Waals surface area contributed by atoms with Gasteiger partial charge in [0.25, 0.3) is 0 Å². The number of rotatable bonds is 6. The molecule has 5 rings (SSSR count). The Hall–Kier alpha value is -1.89. The third-order valence-corrected chi connectivity index (χ3v) is 10.3. The zero-order valence-corrected chi connectivity index (χ0v) is 20.0. The van der Waals surface area contributed by atoms with Crippen molar-refractivity contribution in [3.05, 3.63) is 18.2 Å². The maximum Gasteiger partial charge on any atom is 0.243 e. The van der Waals surface area contributed by atoms with E-state index < -0.39 is 19.9 Å². The number of fused-ring (bicyclic) bond motifs is 1. The fourth-order valence-corrected chi connectivity index (χ4v) is 7.94. The molecule has 3 fully saturated rings. The molecule has 3 heterocycles. The zero-order valence-electron chi connectivity index (χ0n) is 18.4. The summed E-state index contributed by atoms with van der Waals surface area (Å²) in [4.78, 5) is 17.0. The van der Waals surface area contributed by atoms with Crippen molar-refractivity contribution in [2.75, 3.05) is 57.4 Å². The summed E-state index contributed by atoms with van der Waals surface area (Å²) in [7, 11) is -6.75. The van der Waals surface area contributed by atoms with Gasteiger partial charge in [0.15, 0.2) is 21.3 Å². The predicted molar refractivity (Wildman–Crippen MR) is 120 cm³/mol. The highest BCUT2D eigenvalue weighted by Gasteiger charge is 2.42. The van der Waals surface area contributed by atoms with Crippen LogP contribution in [0.4, 0.5) is 0 Å². The second kappa shape index (κ2) is 8.71. The van der Waals surface area contributed by atoms with Crippen LogP contribution in [0.25, 0.3) is 0 Å². The van der Waals surface area contributed by atoms with Crippen LogP contribution in [0, 0.1) is 0 Å². The Bertz CT molecular complexity index is 1130. The number of sulfone groups is 1. The minimum atomic E-state index is -3.68. The van der Waals surface area contributed by atoms with Gasteiger partial charge in [0.1, 0.15) is 13.2 Å². The lowest BCUT2D eigenvalue weighted by Crippen LogP contribution is -2.53. The number of benzene rings is 1. The van der Waals surface area contributed by atoms with E-state index in [-0.39, 0.29) is 54.0 Å². The van der Waals surface area contributed by atoms with E-state index in [9.17, 15) is 21.6 Å². The average Bonchev–Trinajstić information content (AvgIpc) is 3.56. The van der Waals surface area contributed by atoms with Crippen molar-refractivity contribution in [2.45, 2.75) is 36.2 Å². The van der Waals surface area contributed by atoms with E-state index in [1.807, 2.05) is 4.90 Å². The van der Waals surface area contributed by atoms with Gasteiger partial charge in [0.05, 0.1) is 22.9 Å². The molecular weight excluding hydrogens is 470 g/mol. The highest BCUT2D eigenvalue weighted by Crippen LogP contribution is 2.34. The van der Waals surface area contributed by atoms with E-state index in [1.165, 1.54) is 16.4 Å². The minimum Gasteiger partial charge on any atom is -0.486 e. The van der Waals surface area contributed by atoms with E-state index in [0.717, 1.165) is 12.8 Å². The SMILES string of the molecule is O=C(CN1CCN(S(=O)(=O)c2ccc3c(c2)OCCO3)CC1)N(C1CC1)C1CCS(=O)(=O)C1. The van der Waals surface area contributed by atoms with Crippen LogP contribution in [-0.2, 0) is 24.7 Å². The van der Waals surface area contributed by atoms with Gasteiger partial charge >= 0.3 is 0 Å². The molecule has 12 heteroatoms. The maximum atomic E-state index is 13.1. The quantitative estimate of drug-likeness (QED) is 0.535. The van der Waals surface area contributed by atoms with E-state index in [0.29, 0.717) is 44.2 Å². The van der Waals surface area contributed by atoms with Gasteiger partial charge in [-0.2, -0.15) is 4.31 Å². The average molecular weight is 500 g/mol. The molecule has 0 aromatic heterocycles. The van der Waals surface area contributed by atoms with Crippen LogP contribution in [0.1, 0.15) is 19.3 Å². The number of nitrogens with zero attached hydrogens (tertiary/aromatic N) is 3. The van der Waals surface area contributed by atoms with Crippen LogP contribution in [-0.4, -0.2) is 106 Å². The summed E-state index contributed by atoms with van der Waals surface area (Å²) in [6.07, 6.45) is 2.35. The van der Waals surface area contributed by atoms with E-state index in [2.05, 4.69) is 0 Å². The molecule has 10 nitrogen and oxygen atoms in total. The molecule has 0 bridgehead atoms. The van der Waals surface area contributed by atoms with Gasteiger partial charge in [0.2, 0.25) is 15.9 Å². The van der Waals surface area contributed by atoms with Gasteiger partial charge < -0.3 is 14.4 Å². The van der Waals surface area contributed by atoms with Crippen LogP contribution < -0.4 is 9.47 Å². The molecule has 0 radical (unpaired) electrons. The van der Waals surface area contributed by atoms with Crippen molar-refractivity contribution in [3.8, 4) is 11.5 Å². The van der Waals surface area contributed by atoms with E-state index >= 15 is 0 Å². The van der Waals surface area contributed by atoms with Gasteiger partial charge in [-0.1, -0.05) is 0 Å². The number of carbonyl (C=O) groups excluding carboxylic acids is 1. The van der Waals surface area contributed by atoms with Gasteiger partial charge in [-0.3, -0.25) is 9.69 Å². The number of piperazine rings is 1. The van der Waals surface area contributed by atoms with Gasteiger partial charge in [-0.15, -0.1) is 0 Å². The lowest BCUT2D eigenvalue weighted by molar-refractivity contribution is -0.135. The monoisotopic (exact) mass is 499 g/mol. The Morgan fingerprint density at radius 1 is 1.00 bits per heavy atom. The van der Waals surface area contributed by atoms with Crippen molar-refractivity contribution in [2.24, 2.45) is 0 Å². The standard InChI is InChI=1S/C21H29N3O7S2/c25-21(24(16-1-2-16)17-5-12-32(26,27)15-17)14-22-6-8-23(9-7-22)33(28,29)18-3-4-19-20(13-18)31-11-10-30-19/h3-4,13,16-17H,1-2,5-12,14-15H2. The molecule has 1 unspecified atom stereocenters. The van der Waals surface area contributed by atoms with Gasteiger partial charge in [-0.25, -0.2) is 16.8 Å². The summed E-state index contributed by atoms with van der Waals surface area (Å²) in [6, 6.07) is 4.57. The molecule has 4 aliphatic rings. The fourth-order valence-electron chi connectivity index (χ4n) is 4.79. The lowest BCUT2D eigenvalue weighted by atomic mass is 10.2. The van der Waals surface area contributed by atoms with Crippen LogP contribution in [0.3, 0.4) is 0 Å². The normalized spacial score (nSPS) is 25.6. The molecule has 3 aliphatic heterocycles. The van der Waals surface area contributed by atoms with E-state index in [1.54, 1.807) is 11.0 Å². The fraction of sp³-hybridized carbons (Fsp3) is 0.667. The summed E-state index contributed by atoms with van der Waals surface area (Å²) in [5.41, 5.74) is 0. The van der Waals surface area contributed by atoms with Crippen LogP contribution in [0.15, 0.2) is 23.1 Å². The largest absolute Gasteiger partial charge is 0.486 e. The summed E-state index contributed by atoms with van der Waals surface area (Å²) in [6.45, 7) is 2.46. The predicted octanol–water partition coefficient (Wildman–Crippen LogP) is -0.0578. The first-order valence-corrected chi connectivity index (χ1v) is 14.6. The molecule has 1 aliphatic carbocycles. The van der Waals surface area contributed by atoms with Crippen LogP contribution >= 0.6 is 0 Å². The van der Waals surface area contributed by atoms with Crippen molar-refractivity contribution in [3.63, 3.8) is 0 Å². The number of sulfonamides is 1. The van der Waals surface area contributed by atoms with Crippen LogP contribution in [0.2, 0.25) is 0 Å². The molecule has 2 saturated heterocycles. The molecule has 33 heavy (non-hydrogen) atoms. The Kier molecular flexibility index (Phi) is 6.04. The first-order chi connectivity index (χ1) is 15.7. The maximum absolute atomic E-state index is 13.1. The molecule has 1 saturated carbocycles. The molecule has 182 valence electrons. The molecule has 1 amide bonds.